The van der Waals surface area contributed by atoms with Crippen LogP contribution >= 0.6 is 0 Å². The van der Waals surface area contributed by atoms with Gasteiger partial charge >= 0.3 is 0 Å². The molecule has 0 spiro atoms. The Morgan fingerprint density at radius 3 is 2.80 bits per heavy atom. The molecule has 1 fully saturated rings. The van der Waals surface area contributed by atoms with E-state index in [9.17, 15) is 4.79 Å². The van der Waals surface area contributed by atoms with Crippen LogP contribution < -0.4 is 5.32 Å². The number of aromatic nitrogens is 1. The lowest BCUT2D eigenvalue weighted by molar-refractivity contribution is -0.120. The summed E-state index contributed by atoms with van der Waals surface area (Å²) in [5.41, 5.74) is 1.59. The number of amides is 1. The first-order valence-corrected chi connectivity index (χ1v) is 9.19. The van der Waals surface area contributed by atoms with Crippen LogP contribution in [0.1, 0.15) is 31.9 Å². The van der Waals surface area contributed by atoms with Crippen molar-refractivity contribution in [2.24, 2.45) is 5.92 Å². The summed E-state index contributed by atoms with van der Waals surface area (Å²) in [7, 11) is 0. The minimum atomic E-state index is 0.000165. The number of oxazole rings is 1. The maximum atomic E-state index is 12.0. The number of likely N-dealkylation sites (tertiary alicyclic amines) is 1. The molecule has 1 aliphatic rings. The van der Waals surface area contributed by atoms with Gasteiger partial charge in [0.1, 0.15) is 6.26 Å². The van der Waals surface area contributed by atoms with E-state index in [0.29, 0.717) is 18.1 Å². The molecule has 1 saturated heterocycles. The van der Waals surface area contributed by atoms with E-state index in [4.69, 9.17) is 4.42 Å². The van der Waals surface area contributed by atoms with E-state index in [2.05, 4.69) is 22.1 Å². The summed E-state index contributed by atoms with van der Waals surface area (Å²) in [4.78, 5) is 18.9. The Morgan fingerprint density at radius 1 is 1.28 bits per heavy atom. The minimum absolute atomic E-state index is 0.000165. The molecule has 1 aromatic heterocycles. The lowest BCUT2D eigenvalue weighted by Gasteiger charge is -2.30. The van der Waals surface area contributed by atoms with Crippen LogP contribution in [0, 0.1) is 5.92 Å². The van der Waals surface area contributed by atoms with Crippen molar-refractivity contribution in [1.82, 2.24) is 15.2 Å². The predicted molar refractivity (Wildman–Crippen MR) is 98.1 cm³/mol. The monoisotopic (exact) mass is 341 g/mol. The molecule has 0 bridgehead atoms. The highest BCUT2D eigenvalue weighted by Crippen LogP contribution is 2.18. The predicted octanol–water partition coefficient (Wildman–Crippen LogP) is 3.12. The van der Waals surface area contributed by atoms with Crippen molar-refractivity contribution in [1.29, 1.82) is 0 Å². The largest absolute Gasteiger partial charge is 0.444 e. The van der Waals surface area contributed by atoms with Gasteiger partial charge in [-0.25, -0.2) is 4.98 Å². The number of piperidine rings is 1. The highest BCUT2D eigenvalue weighted by molar-refractivity contribution is 5.78. The summed E-state index contributed by atoms with van der Waals surface area (Å²) in [6.07, 6.45) is 5.41. The fourth-order valence-corrected chi connectivity index (χ4v) is 3.14. The number of hydrogen-bond donors (Lipinski definition) is 1. The quantitative estimate of drug-likeness (QED) is 0.786. The fraction of sp³-hybridized carbons (Fsp3) is 0.500. The third-order valence-electron chi connectivity index (χ3n) is 4.76. The number of rotatable bonds is 7. The molecule has 3 rings (SSSR count). The van der Waals surface area contributed by atoms with Crippen molar-refractivity contribution >= 4 is 5.91 Å². The molecule has 2 heterocycles. The van der Waals surface area contributed by atoms with Gasteiger partial charge in [-0.1, -0.05) is 25.1 Å². The molecule has 2 aromatic rings. The Hall–Kier alpha value is -2.14. The lowest BCUT2D eigenvalue weighted by Crippen LogP contribution is -2.35. The number of carbonyl (C=O) groups excluding carboxylic acids is 1. The fourth-order valence-electron chi connectivity index (χ4n) is 3.14. The molecule has 0 aliphatic carbocycles. The van der Waals surface area contributed by atoms with Crippen molar-refractivity contribution in [3.8, 4) is 11.5 Å². The van der Waals surface area contributed by atoms with Gasteiger partial charge in [0.15, 0.2) is 0 Å². The first-order valence-electron chi connectivity index (χ1n) is 9.19. The Morgan fingerprint density at radius 2 is 2.04 bits per heavy atom. The van der Waals surface area contributed by atoms with E-state index in [0.717, 1.165) is 24.4 Å². The number of nitrogens with zero attached hydrogens (tertiary/aromatic N) is 2. The van der Waals surface area contributed by atoms with Crippen LogP contribution in [0.2, 0.25) is 0 Å². The first kappa shape index (κ1) is 17.7. The molecule has 1 amide bonds. The zero-order valence-electron chi connectivity index (χ0n) is 14.9. The number of benzene rings is 1. The molecule has 0 saturated carbocycles. The molecule has 5 nitrogen and oxygen atoms in total. The van der Waals surface area contributed by atoms with Crippen molar-refractivity contribution in [3.05, 3.63) is 42.3 Å². The second kappa shape index (κ2) is 8.81. The molecule has 1 aliphatic heterocycles. The lowest BCUT2D eigenvalue weighted by atomic mass is 9.99. The normalized spacial score (nSPS) is 16.0. The number of hydrogen-bond acceptors (Lipinski definition) is 4. The standard InChI is InChI=1S/C20H27N3O2/c1-16-8-12-23(13-9-16)11-5-10-21-19(24)14-18-15-25-20(22-18)17-6-3-2-4-7-17/h2-4,6-7,15-16H,5,8-14H2,1H3,(H,21,24). The van der Waals surface area contributed by atoms with Gasteiger partial charge in [0.25, 0.3) is 0 Å². The van der Waals surface area contributed by atoms with Gasteiger partial charge in [0.05, 0.1) is 12.1 Å². The Balaban J connectivity index is 1.36. The topological polar surface area (TPSA) is 58.4 Å². The van der Waals surface area contributed by atoms with E-state index < -0.39 is 0 Å². The third-order valence-corrected chi connectivity index (χ3v) is 4.76. The SMILES string of the molecule is CC1CCN(CCCNC(=O)Cc2coc(-c3ccccc3)n2)CC1. The maximum Gasteiger partial charge on any atom is 0.226 e. The van der Waals surface area contributed by atoms with E-state index in [1.807, 2.05) is 30.3 Å². The molecule has 5 heteroatoms. The molecule has 1 N–H and O–H groups in total. The number of carbonyl (C=O) groups is 1. The van der Waals surface area contributed by atoms with Gasteiger partial charge in [0.2, 0.25) is 11.8 Å². The molecule has 0 radical (unpaired) electrons. The summed E-state index contributed by atoms with van der Waals surface area (Å²) in [6, 6.07) is 9.71. The van der Waals surface area contributed by atoms with E-state index in [-0.39, 0.29) is 12.3 Å². The van der Waals surface area contributed by atoms with Crippen LogP contribution in [-0.2, 0) is 11.2 Å². The number of nitrogens with one attached hydrogen (secondary N) is 1. The van der Waals surface area contributed by atoms with Gasteiger partial charge in [-0.3, -0.25) is 4.79 Å². The third kappa shape index (κ3) is 5.43. The van der Waals surface area contributed by atoms with Crippen LogP contribution in [0.25, 0.3) is 11.5 Å². The van der Waals surface area contributed by atoms with E-state index in [1.165, 1.54) is 25.9 Å². The highest BCUT2D eigenvalue weighted by Gasteiger charge is 2.15. The van der Waals surface area contributed by atoms with Gasteiger partial charge in [-0.2, -0.15) is 0 Å². The summed E-state index contributed by atoms with van der Waals surface area (Å²) in [5, 5.41) is 2.98. The van der Waals surface area contributed by atoms with Crippen molar-refractivity contribution in [2.75, 3.05) is 26.2 Å². The Labute approximate surface area is 149 Å². The molecular weight excluding hydrogens is 314 g/mol. The average molecular weight is 341 g/mol. The van der Waals surface area contributed by atoms with Crippen LogP contribution in [0.5, 0.6) is 0 Å². The van der Waals surface area contributed by atoms with Crippen molar-refractivity contribution in [2.45, 2.75) is 32.6 Å². The first-order chi connectivity index (χ1) is 12.2. The second-order valence-corrected chi connectivity index (χ2v) is 6.91. The average Bonchev–Trinajstić information content (AvgIpc) is 3.09. The molecular formula is C20H27N3O2. The zero-order chi connectivity index (χ0) is 17.5. The molecule has 0 atom stereocenters. The van der Waals surface area contributed by atoms with Gasteiger partial charge in [-0.05, 0) is 56.9 Å². The van der Waals surface area contributed by atoms with Gasteiger partial charge in [-0.15, -0.1) is 0 Å². The second-order valence-electron chi connectivity index (χ2n) is 6.91. The summed E-state index contributed by atoms with van der Waals surface area (Å²) in [5.74, 6) is 1.42. The van der Waals surface area contributed by atoms with Crippen LogP contribution in [0.15, 0.2) is 41.0 Å². The van der Waals surface area contributed by atoms with Gasteiger partial charge in [0, 0.05) is 12.1 Å². The molecule has 134 valence electrons. The van der Waals surface area contributed by atoms with Crippen LogP contribution in [-0.4, -0.2) is 42.0 Å². The smallest absolute Gasteiger partial charge is 0.226 e. The molecule has 1 aromatic carbocycles. The maximum absolute atomic E-state index is 12.0. The van der Waals surface area contributed by atoms with Gasteiger partial charge < -0.3 is 14.6 Å². The van der Waals surface area contributed by atoms with Crippen LogP contribution in [0.4, 0.5) is 0 Å². The van der Waals surface area contributed by atoms with Crippen molar-refractivity contribution in [3.63, 3.8) is 0 Å². The summed E-state index contributed by atoms with van der Waals surface area (Å²) >= 11 is 0. The van der Waals surface area contributed by atoms with Crippen LogP contribution in [0.3, 0.4) is 0 Å². The Kier molecular flexibility index (Phi) is 6.23. The summed E-state index contributed by atoms with van der Waals surface area (Å²) in [6.45, 7) is 6.49. The molecule has 25 heavy (non-hydrogen) atoms. The minimum Gasteiger partial charge on any atom is -0.444 e. The van der Waals surface area contributed by atoms with E-state index in [1.54, 1.807) is 6.26 Å². The zero-order valence-corrected chi connectivity index (χ0v) is 14.9. The summed E-state index contributed by atoms with van der Waals surface area (Å²) < 4.78 is 5.47. The highest BCUT2D eigenvalue weighted by atomic mass is 16.3. The molecule has 0 unspecified atom stereocenters. The van der Waals surface area contributed by atoms with Crippen molar-refractivity contribution < 1.29 is 9.21 Å². The Bertz CT molecular complexity index is 661. The van der Waals surface area contributed by atoms with E-state index >= 15 is 0 Å².